The third-order valence-electron chi connectivity index (χ3n) is 2.41. The molecule has 3 heteroatoms. The first-order valence-corrected chi connectivity index (χ1v) is 5.19. The van der Waals surface area contributed by atoms with Crippen LogP contribution < -0.4 is 5.32 Å². The van der Waals surface area contributed by atoms with Crippen LogP contribution in [0.5, 0.6) is 0 Å². The number of pyridine rings is 1. The van der Waals surface area contributed by atoms with Crippen molar-refractivity contribution < 1.29 is 4.39 Å². The van der Waals surface area contributed by atoms with Gasteiger partial charge >= 0.3 is 0 Å². The quantitative estimate of drug-likeness (QED) is 0.850. The highest BCUT2D eigenvalue weighted by Crippen LogP contribution is 2.18. The molecule has 0 spiro atoms. The van der Waals surface area contributed by atoms with Gasteiger partial charge in [0.2, 0.25) is 0 Å². The molecule has 1 N–H and O–H groups in total. The average molecular weight is 216 g/mol. The van der Waals surface area contributed by atoms with Crippen LogP contribution in [0.25, 0.3) is 0 Å². The molecule has 2 aromatic rings. The van der Waals surface area contributed by atoms with Gasteiger partial charge in [-0.1, -0.05) is 30.3 Å². The molecule has 0 aliphatic rings. The number of rotatable bonds is 3. The van der Waals surface area contributed by atoms with Crippen LogP contribution >= 0.6 is 0 Å². The van der Waals surface area contributed by atoms with Crippen molar-refractivity contribution in [1.82, 2.24) is 4.98 Å². The van der Waals surface area contributed by atoms with E-state index in [0.29, 0.717) is 5.82 Å². The van der Waals surface area contributed by atoms with Crippen molar-refractivity contribution in [3.05, 3.63) is 60.0 Å². The van der Waals surface area contributed by atoms with Crippen molar-refractivity contribution in [2.45, 2.75) is 13.0 Å². The smallest absolute Gasteiger partial charge is 0.165 e. The van der Waals surface area contributed by atoms with E-state index in [1.807, 2.05) is 37.3 Å². The predicted octanol–water partition coefficient (Wildman–Crippen LogP) is 3.39. The zero-order valence-electron chi connectivity index (χ0n) is 9.02. The Kier molecular flexibility index (Phi) is 3.15. The van der Waals surface area contributed by atoms with Gasteiger partial charge in [-0.05, 0) is 24.6 Å². The van der Waals surface area contributed by atoms with Crippen molar-refractivity contribution in [3.8, 4) is 0 Å². The number of anilines is 1. The highest BCUT2D eigenvalue weighted by Gasteiger charge is 2.08. The van der Waals surface area contributed by atoms with Crippen LogP contribution in [0.4, 0.5) is 10.2 Å². The Morgan fingerprint density at radius 2 is 1.88 bits per heavy atom. The first-order valence-electron chi connectivity index (χ1n) is 5.19. The van der Waals surface area contributed by atoms with E-state index in [-0.39, 0.29) is 11.9 Å². The lowest BCUT2D eigenvalue weighted by Crippen LogP contribution is -2.09. The van der Waals surface area contributed by atoms with Gasteiger partial charge in [-0.2, -0.15) is 0 Å². The normalized spacial score (nSPS) is 12.1. The molecule has 0 saturated heterocycles. The first-order chi connectivity index (χ1) is 7.77. The van der Waals surface area contributed by atoms with E-state index >= 15 is 0 Å². The van der Waals surface area contributed by atoms with Crippen LogP contribution in [0.15, 0.2) is 48.7 Å². The number of halogens is 1. The Bertz CT molecular complexity index is 456. The van der Waals surface area contributed by atoms with Crippen LogP contribution in [0, 0.1) is 5.82 Å². The average Bonchev–Trinajstić information content (AvgIpc) is 2.33. The lowest BCUT2D eigenvalue weighted by atomic mass is 10.1. The Morgan fingerprint density at radius 3 is 2.56 bits per heavy atom. The molecular formula is C13H13FN2. The fourth-order valence-corrected chi connectivity index (χ4v) is 1.52. The van der Waals surface area contributed by atoms with Gasteiger partial charge in [-0.15, -0.1) is 0 Å². The summed E-state index contributed by atoms with van der Waals surface area (Å²) in [6, 6.07) is 12.9. The summed E-state index contributed by atoms with van der Waals surface area (Å²) in [4.78, 5) is 3.96. The molecular weight excluding hydrogens is 203 g/mol. The van der Waals surface area contributed by atoms with Crippen molar-refractivity contribution >= 4 is 5.82 Å². The van der Waals surface area contributed by atoms with Crippen molar-refractivity contribution in [2.75, 3.05) is 5.32 Å². The molecule has 82 valence electrons. The molecule has 1 aromatic heterocycles. The SMILES string of the molecule is CC(Nc1ncccc1F)c1ccccc1. The summed E-state index contributed by atoms with van der Waals surface area (Å²) in [5.74, 6) is -0.0378. The maximum Gasteiger partial charge on any atom is 0.165 e. The second-order valence-corrected chi connectivity index (χ2v) is 3.61. The molecule has 16 heavy (non-hydrogen) atoms. The van der Waals surface area contributed by atoms with Crippen LogP contribution in [0.2, 0.25) is 0 Å². The molecule has 0 bridgehead atoms. The van der Waals surface area contributed by atoms with Crippen molar-refractivity contribution in [1.29, 1.82) is 0 Å². The molecule has 0 radical (unpaired) electrons. The van der Waals surface area contributed by atoms with E-state index in [9.17, 15) is 4.39 Å². The third kappa shape index (κ3) is 2.37. The van der Waals surface area contributed by atoms with Gasteiger partial charge in [-0.3, -0.25) is 0 Å². The molecule has 0 amide bonds. The molecule has 1 atom stereocenters. The maximum absolute atomic E-state index is 13.3. The van der Waals surface area contributed by atoms with Gasteiger partial charge in [0.1, 0.15) is 0 Å². The van der Waals surface area contributed by atoms with Crippen LogP contribution in [-0.4, -0.2) is 4.98 Å². The van der Waals surface area contributed by atoms with Crippen molar-refractivity contribution in [2.24, 2.45) is 0 Å². The molecule has 1 aromatic carbocycles. The highest BCUT2D eigenvalue weighted by atomic mass is 19.1. The largest absolute Gasteiger partial charge is 0.361 e. The number of nitrogens with one attached hydrogen (secondary N) is 1. The fourth-order valence-electron chi connectivity index (χ4n) is 1.52. The summed E-state index contributed by atoms with van der Waals surface area (Å²) in [7, 11) is 0. The molecule has 1 heterocycles. The van der Waals surface area contributed by atoms with Gasteiger partial charge in [0.15, 0.2) is 11.6 Å². The number of hydrogen-bond acceptors (Lipinski definition) is 2. The highest BCUT2D eigenvalue weighted by molar-refractivity contribution is 5.39. The summed E-state index contributed by atoms with van der Waals surface area (Å²) in [6.07, 6.45) is 1.57. The van der Waals surface area contributed by atoms with Gasteiger partial charge in [0.25, 0.3) is 0 Å². The van der Waals surface area contributed by atoms with E-state index in [1.165, 1.54) is 6.07 Å². The number of aromatic nitrogens is 1. The van der Waals surface area contributed by atoms with E-state index in [1.54, 1.807) is 12.3 Å². The first kappa shape index (κ1) is 10.6. The summed E-state index contributed by atoms with van der Waals surface area (Å²) in [5, 5.41) is 3.04. The maximum atomic E-state index is 13.3. The molecule has 2 nitrogen and oxygen atoms in total. The van der Waals surface area contributed by atoms with Gasteiger partial charge in [-0.25, -0.2) is 9.37 Å². The van der Waals surface area contributed by atoms with E-state index in [2.05, 4.69) is 10.3 Å². The van der Waals surface area contributed by atoms with Crippen LogP contribution in [0.3, 0.4) is 0 Å². The summed E-state index contributed by atoms with van der Waals surface area (Å²) >= 11 is 0. The Hall–Kier alpha value is -1.90. The minimum Gasteiger partial charge on any atom is -0.361 e. The van der Waals surface area contributed by atoms with Crippen LogP contribution in [-0.2, 0) is 0 Å². The molecule has 0 aliphatic carbocycles. The molecule has 0 fully saturated rings. The summed E-state index contributed by atoms with van der Waals surface area (Å²) in [5.41, 5.74) is 1.10. The lowest BCUT2D eigenvalue weighted by Gasteiger charge is -2.14. The standard InChI is InChI=1S/C13H13FN2/c1-10(11-6-3-2-4-7-11)16-13-12(14)8-5-9-15-13/h2-10H,1H3,(H,15,16). The number of nitrogens with zero attached hydrogens (tertiary/aromatic N) is 1. The third-order valence-corrected chi connectivity index (χ3v) is 2.41. The van der Waals surface area contributed by atoms with Crippen molar-refractivity contribution in [3.63, 3.8) is 0 Å². The number of hydrogen-bond donors (Lipinski definition) is 1. The Balaban J connectivity index is 2.14. The Morgan fingerprint density at radius 1 is 1.12 bits per heavy atom. The number of benzene rings is 1. The van der Waals surface area contributed by atoms with Gasteiger partial charge in [0, 0.05) is 6.20 Å². The minimum atomic E-state index is -0.328. The molecule has 0 aliphatic heterocycles. The monoisotopic (exact) mass is 216 g/mol. The predicted molar refractivity (Wildman–Crippen MR) is 62.7 cm³/mol. The second-order valence-electron chi connectivity index (χ2n) is 3.61. The topological polar surface area (TPSA) is 24.9 Å². The molecule has 2 rings (SSSR count). The fraction of sp³-hybridized carbons (Fsp3) is 0.154. The lowest BCUT2D eigenvalue weighted by molar-refractivity contribution is 0.621. The second kappa shape index (κ2) is 4.75. The van der Waals surface area contributed by atoms with Gasteiger partial charge < -0.3 is 5.32 Å². The van der Waals surface area contributed by atoms with E-state index < -0.39 is 0 Å². The minimum absolute atomic E-state index is 0.0330. The Labute approximate surface area is 94.2 Å². The summed E-state index contributed by atoms with van der Waals surface area (Å²) < 4.78 is 13.3. The molecule has 1 unspecified atom stereocenters. The molecule has 0 saturated carbocycles. The van der Waals surface area contributed by atoms with E-state index in [4.69, 9.17) is 0 Å². The van der Waals surface area contributed by atoms with Crippen LogP contribution in [0.1, 0.15) is 18.5 Å². The van der Waals surface area contributed by atoms with Gasteiger partial charge in [0.05, 0.1) is 6.04 Å². The zero-order valence-corrected chi connectivity index (χ0v) is 9.02. The zero-order chi connectivity index (χ0) is 11.4. The summed E-state index contributed by atoms with van der Waals surface area (Å²) in [6.45, 7) is 1.98. The van der Waals surface area contributed by atoms with E-state index in [0.717, 1.165) is 5.56 Å².